The molecule has 2 N–H and O–H groups in total. The van der Waals surface area contributed by atoms with Gasteiger partial charge in [0.15, 0.2) is 0 Å². The molecule has 102 valence electrons. The van der Waals surface area contributed by atoms with Crippen molar-refractivity contribution in [1.29, 1.82) is 0 Å². The number of piperidine rings is 1. The molecule has 2 atom stereocenters. The van der Waals surface area contributed by atoms with Crippen molar-refractivity contribution in [2.75, 3.05) is 0 Å². The maximum atomic E-state index is 12.5. The van der Waals surface area contributed by atoms with Crippen LogP contribution in [0.4, 0.5) is 0 Å². The standard InChI is InChI=1S/C15H19BrN2O/c16-11-3-1-10(2-4-11)7-15(19)18-13-5-6-14(18)9-12(17)8-13/h1-4,12-14H,5-9,17H2. The van der Waals surface area contributed by atoms with E-state index < -0.39 is 0 Å². The number of benzene rings is 1. The van der Waals surface area contributed by atoms with E-state index in [9.17, 15) is 4.79 Å². The van der Waals surface area contributed by atoms with E-state index in [0.29, 0.717) is 18.5 Å². The number of nitrogens with two attached hydrogens (primary N) is 1. The molecule has 2 saturated heterocycles. The SMILES string of the molecule is NC1CC2CCC(C1)N2C(=O)Cc1ccc(Br)cc1. The molecule has 2 fully saturated rings. The molecule has 0 saturated carbocycles. The Morgan fingerprint density at radius 1 is 1.21 bits per heavy atom. The van der Waals surface area contributed by atoms with Gasteiger partial charge in [0, 0.05) is 22.6 Å². The quantitative estimate of drug-likeness (QED) is 0.909. The molecule has 2 unspecified atom stereocenters. The van der Waals surface area contributed by atoms with E-state index in [1.54, 1.807) is 0 Å². The lowest BCUT2D eigenvalue weighted by Crippen LogP contribution is -2.50. The molecule has 2 bridgehead atoms. The zero-order chi connectivity index (χ0) is 13.4. The Hall–Kier alpha value is -0.870. The highest BCUT2D eigenvalue weighted by Gasteiger charge is 2.41. The van der Waals surface area contributed by atoms with Crippen molar-refractivity contribution in [3.63, 3.8) is 0 Å². The minimum Gasteiger partial charge on any atom is -0.336 e. The van der Waals surface area contributed by atoms with E-state index in [-0.39, 0.29) is 11.9 Å². The van der Waals surface area contributed by atoms with Gasteiger partial charge in [-0.15, -0.1) is 0 Å². The molecule has 2 aliphatic rings. The smallest absolute Gasteiger partial charge is 0.227 e. The third kappa shape index (κ3) is 2.70. The number of halogens is 1. The minimum absolute atomic E-state index is 0.265. The van der Waals surface area contributed by atoms with Gasteiger partial charge in [-0.2, -0.15) is 0 Å². The van der Waals surface area contributed by atoms with Gasteiger partial charge in [0.1, 0.15) is 0 Å². The minimum atomic E-state index is 0.265. The van der Waals surface area contributed by atoms with Crippen LogP contribution in [0.3, 0.4) is 0 Å². The largest absolute Gasteiger partial charge is 0.336 e. The molecule has 0 aliphatic carbocycles. The van der Waals surface area contributed by atoms with Gasteiger partial charge < -0.3 is 10.6 Å². The Morgan fingerprint density at radius 2 is 1.79 bits per heavy atom. The maximum absolute atomic E-state index is 12.5. The lowest BCUT2D eigenvalue weighted by molar-refractivity contribution is -0.135. The van der Waals surface area contributed by atoms with Crippen LogP contribution in [0, 0.1) is 0 Å². The van der Waals surface area contributed by atoms with E-state index in [1.165, 1.54) is 0 Å². The van der Waals surface area contributed by atoms with Crippen molar-refractivity contribution >= 4 is 21.8 Å². The topological polar surface area (TPSA) is 46.3 Å². The van der Waals surface area contributed by atoms with Crippen molar-refractivity contribution in [2.45, 2.75) is 50.2 Å². The zero-order valence-corrected chi connectivity index (χ0v) is 12.5. The summed E-state index contributed by atoms with van der Waals surface area (Å²) in [5.74, 6) is 0.265. The molecule has 2 aliphatic heterocycles. The number of carbonyl (C=O) groups excluding carboxylic acids is 1. The highest BCUT2D eigenvalue weighted by Crippen LogP contribution is 2.35. The molecule has 2 heterocycles. The summed E-state index contributed by atoms with van der Waals surface area (Å²) in [4.78, 5) is 14.6. The Bertz CT molecular complexity index is 460. The van der Waals surface area contributed by atoms with E-state index in [1.807, 2.05) is 24.3 Å². The average Bonchev–Trinajstić information content (AvgIpc) is 2.65. The van der Waals surface area contributed by atoms with E-state index >= 15 is 0 Å². The van der Waals surface area contributed by atoms with Crippen LogP contribution in [-0.2, 0) is 11.2 Å². The van der Waals surface area contributed by atoms with Gasteiger partial charge >= 0.3 is 0 Å². The average molecular weight is 323 g/mol. The Balaban J connectivity index is 1.69. The predicted molar refractivity (Wildman–Crippen MR) is 78.7 cm³/mol. The van der Waals surface area contributed by atoms with Gasteiger partial charge in [0.25, 0.3) is 0 Å². The summed E-state index contributed by atoms with van der Waals surface area (Å²) in [5, 5.41) is 0. The predicted octanol–water partition coefficient (Wildman–Crippen LogP) is 2.47. The van der Waals surface area contributed by atoms with E-state index in [0.717, 1.165) is 35.7 Å². The summed E-state index contributed by atoms with van der Waals surface area (Å²) in [7, 11) is 0. The highest BCUT2D eigenvalue weighted by molar-refractivity contribution is 9.10. The van der Waals surface area contributed by atoms with Crippen molar-refractivity contribution in [3.8, 4) is 0 Å². The summed E-state index contributed by atoms with van der Waals surface area (Å²) in [6.45, 7) is 0. The second kappa shape index (κ2) is 5.25. The molecule has 0 aromatic heterocycles. The van der Waals surface area contributed by atoms with Crippen LogP contribution in [0.25, 0.3) is 0 Å². The lowest BCUT2D eigenvalue weighted by atomic mass is 9.97. The molecule has 3 rings (SSSR count). The molecule has 1 aromatic carbocycles. The first kappa shape index (κ1) is 13.1. The van der Waals surface area contributed by atoms with E-state index in [4.69, 9.17) is 5.73 Å². The molecular weight excluding hydrogens is 304 g/mol. The number of rotatable bonds is 2. The first-order valence-corrected chi connectivity index (χ1v) is 7.74. The third-order valence-electron chi connectivity index (χ3n) is 4.33. The van der Waals surface area contributed by atoms with Crippen LogP contribution >= 0.6 is 15.9 Å². The first-order valence-electron chi connectivity index (χ1n) is 6.94. The van der Waals surface area contributed by atoms with Gasteiger partial charge in [-0.3, -0.25) is 4.79 Å². The second-order valence-corrected chi connectivity index (χ2v) is 6.64. The Labute approximate surface area is 122 Å². The Kier molecular flexibility index (Phi) is 3.63. The molecule has 1 amide bonds. The number of hydrogen-bond acceptors (Lipinski definition) is 2. The van der Waals surface area contributed by atoms with Gasteiger partial charge in [-0.25, -0.2) is 0 Å². The summed E-state index contributed by atoms with van der Waals surface area (Å²) >= 11 is 3.41. The van der Waals surface area contributed by atoms with Crippen molar-refractivity contribution in [3.05, 3.63) is 34.3 Å². The van der Waals surface area contributed by atoms with Crippen molar-refractivity contribution < 1.29 is 4.79 Å². The number of nitrogens with zero attached hydrogens (tertiary/aromatic N) is 1. The normalized spacial score (nSPS) is 29.6. The van der Waals surface area contributed by atoms with Crippen molar-refractivity contribution in [2.24, 2.45) is 5.73 Å². The molecule has 0 spiro atoms. The van der Waals surface area contributed by atoms with Crippen LogP contribution in [0.5, 0.6) is 0 Å². The fourth-order valence-corrected chi connectivity index (χ4v) is 3.76. The number of hydrogen-bond donors (Lipinski definition) is 1. The lowest BCUT2D eigenvalue weighted by Gasteiger charge is -2.37. The second-order valence-electron chi connectivity index (χ2n) is 5.72. The van der Waals surface area contributed by atoms with Gasteiger partial charge in [-0.1, -0.05) is 28.1 Å². The van der Waals surface area contributed by atoms with Crippen LogP contribution < -0.4 is 5.73 Å². The zero-order valence-electron chi connectivity index (χ0n) is 10.9. The van der Waals surface area contributed by atoms with E-state index in [2.05, 4.69) is 20.8 Å². The molecule has 0 radical (unpaired) electrons. The number of fused-ring (bicyclic) bond motifs is 2. The van der Waals surface area contributed by atoms with Gasteiger partial charge in [0.05, 0.1) is 6.42 Å². The summed E-state index contributed by atoms with van der Waals surface area (Å²) in [6.07, 6.45) is 4.72. The van der Waals surface area contributed by atoms with Gasteiger partial charge in [-0.05, 0) is 43.4 Å². The molecule has 1 aromatic rings. The van der Waals surface area contributed by atoms with Crippen LogP contribution in [-0.4, -0.2) is 28.9 Å². The third-order valence-corrected chi connectivity index (χ3v) is 4.85. The molecule has 19 heavy (non-hydrogen) atoms. The van der Waals surface area contributed by atoms with Crippen molar-refractivity contribution in [1.82, 2.24) is 4.90 Å². The highest BCUT2D eigenvalue weighted by atomic mass is 79.9. The summed E-state index contributed by atoms with van der Waals surface area (Å²) in [5.41, 5.74) is 7.13. The fraction of sp³-hybridized carbons (Fsp3) is 0.533. The van der Waals surface area contributed by atoms with Crippen LogP contribution in [0.1, 0.15) is 31.2 Å². The first-order chi connectivity index (χ1) is 9.13. The van der Waals surface area contributed by atoms with Gasteiger partial charge in [0.2, 0.25) is 5.91 Å². The number of amides is 1. The number of carbonyl (C=O) groups is 1. The maximum Gasteiger partial charge on any atom is 0.227 e. The van der Waals surface area contributed by atoms with Crippen LogP contribution in [0.2, 0.25) is 0 Å². The monoisotopic (exact) mass is 322 g/mol. The van der Waals surface area contributed by atoms with Crippen LogP contribution in [0.15, 0.2) is 28.7 Å². The Morgan fingerprint density at radius 3 is 2.37 bits per heavy atom. The fourth-order valence-electron chi connectivity index (χ4n) is 3.49. The molecular formula is C15H19BrN2O. The molecule has 3 nitrogen and oxygen atoms in total. The summed E-state index contributed by atoms with van der Waals surface area (Å²) in [6, 6.07) is 9.06. The summed E-state index contributed by atoms with van der Waals surface area (Å²) < 4.78 is 1.05. The molecule has 4 heteroatoms.